The number of benzene rings is 1. The topological polar surface area (TPSA) is 51.2 Å². The standard InChI is InChI=1S/C14H16F2N2O/c1-2-11-4-6-14(19-11)13(18-17)8-9-7-10(15)3-5-12(9)16/h3-7,13,18H,2,8,17H2,1H3. The van der Waals surface area contributed by atoms with Crippen LogP contribution in [0.5, 0.6) is 0 Å². The molecular weight excluding hydrogens is 250 g/mol. The van der Waals surface area contributed by atoms with Gasteiger partial charge in [0.15, 0.2) is 0 Å². The van der Waals surface area contributed by atoms with Crippen molar-refractivity contribution in [3.8, 4) is 0 Å². The molecule has 0 bridgehead atoms. The molecule has 2 rings (SSSR count). The van der Waals surface area contributed by atoms with Crippen molar-refractivity contribution in [3.05, 3.63) is 59.1 Å². The molecule has 0 saturated carbocycles. The Hall–Kier alpha value is -1.72. The minimum atomic E-state index is -0.471. The summed E-state index contributed by atoms with van der Waals surface area (Å²) in [7, 11) is 0. The molecule has 3 nitrogen and oxygen atoms in total. The van der Waals surface area contributed by atoms with E-state index in [1.54, 1.807) is 6.07 Å². The highest BCUT2D eigenvalue weighted by Crippen LogP contribution is 2.22. The smallest absolute Gasteiger partial charge is 0.126 e. The van der Waals surface area contributed by atoms with E-state index in [1.165, 1.54) is 6.07 Å². The summed E-state index contributed by atoms with van der Waals surface area (Å²) in [6.07, 6.45) is 0.988. The van der Waals surface area contributed by atoms with E-state index in [1.807, 2.05) is 13.0 Å². The lowest BCUT2D eigenvalue weighted by atomic mass is 10.0. The Labute approximate surface area is 110 Å². The molecule has 19 heavy (non-hydrogen) atoms. The SMILES string of the molecule is CCc1ccc(C(Cc2cc(F)ccc2F)NN)o1. The van der Waals surface area contributed by atoms with Crippen LogP contribution in [0.3, 0.4) is 0 Å². The Morgan fingerprint density at radius 3 is 2.68 bits per heavy atom. The fourth-order valence-corrected chi connectivity index (χ4v) is 1.93. The second-order valence-electron chi connectivity index (χ2n) is 4.32. The van der Waals surface area contributed by atoms with Crippen LogP contribution in [0, 0.1) is 11.6 Å². The monoisotopic (exact) mass is 266 g/mol. The summed E-state index contributed by atoms with van der Waals surface area (Å²) >= 11 is 0. The molecular formula is C14H16F2N2O. The molecule has 0 aliphatic heterocycles. The third-order valence-electron chi connectivity index (χ3n) is 3.01. The predicted molar refractivity (Wildman–Crippen MR) is 68.2 cm³/mol. The van der Waals surface area contributed by atoms with E-state index >= 15 is 0 Å². The average molecular weight is 266 g/mol. The van der Waals surface area contributed by atoms with Crippen LogP contribution in [-0.4, -0.2) is 0 Å². The molecule has 1 aromatic heterocycles. The number of halogens is 2. The largest absolute Gasteiger partial charge is 0.464 e. The van der Waals surface area contributed by atoms with Crippen LogP contribution in [0.4, 0.5) is 8.78 Å². The molecule has 1 atom stereocenters. The molecule has 0 saturated heterocycles. The van der Waals surface area contributed by atoms with Gasteiger partial charge in [0.2, 0.25) is 0 Å². The molecule has 0 spiro atoms. The molecule has 3 N–H and O–H groups in total. The van der Waals surface area contributed by atoms with Gasteiger partial charge in [-0.1, -0.05) is 6.92 Å². The van der Waals surface area contributed by atoms with Crippen molar-refractivity contribution in [2.45, 2.75) is 25.8 Å². The number of hydrogen-bond donors (Lipinski definition) is 2. The Morgan fingerprint density at radius 1 is 1.26 bits per heavy atom. The quantitative estimate of drug-likeness (QED) is 0.646. The van der Waals surface area contributed by atoms with Gasteiger partial charge >= 0.3 is 0 Å². The number of furan rings is 1. The second kappa shape index (κ2) is 5.95. The summed E-state index contributed by atoms with van der Waals surface area (Å²) in [5, 5.41) is 0. The predicted octanol–water partition coefficient (Wildman–Crippen LogP) is 2.87. The van der Waals surface area contributed by atoms with Gasteiger partial charge in [0, 0.05) is 6.42 Å². The van der Waals surface area contributed by atoms with Gasteiger partial charge in [-0.05, 0) is 42.3 Å². The normalized spacial score (nSPS) is 12.6. The van der Waals surface area contributed by atoms with Gasteiger partial charge < -0.3 is 4.42 Å². The van der Waals surface area contributed by atoms with Gasteiger partial charge in [0.25, 0.3) is 0 Å². The van der Waals surface area contributed by atoms with Crippen LogP contribution in [0.1, 0.15) is 30.0 Å². The molecule has 1 aromatic carbocycles. The highest BCUT2D eigenvalue weighted by atomic mass is 19.1. The molecule has 0 amide bonds. The van der Waals surface area contributed by atoms with E-state index in [4.69, 9.17) is 10.3 Å². The first-order valence-corrected chi connectivity index (χ1v) is 6.12. The summed E-state index contributed by atoms with van der Waals surface area (Å²) in [4.78, 5) is 0. The van der Waals surface area contributed by atoms with Gasteiger partial charge in [-0.3, -0.25) is 5.84 Å². The van der Waals surface area contributed by atoms with E-state index in [0.29, 0.717) is 5.76 Å². The van der Waals surface area contributed by atoms with Gasteiger partial charge in [0.1, 0.15) is 23.2 Å². The van der Waals surface area contributed by atoms with Crippen molar-refractivity contribution in [2.75, 3.05) is 0 Å². The lowest BCUT2D eigenvalue weighted by Gasteiger charge is -2.14. The summed E-state index contributed by atoms with van der Waals surface area (Å²) in [5.74, 6) is 5.98. The minimum Gasteiger partial charge on any atom is -0.464 e. The van der Waals surface area contributed by atoms with E-state index in [9.17, 15) is 8.78 Å². The van der Waals surface area contributed by atoms with Crippen LogP contribution in [0.15, 0.2) is 34.7 Å². The molecule has 2 aromatic rings. The zero-order valence-corrected chi connectivity index (χ0v) is 10.6. The molecule has 102 valence electrons. The molecule has 0 aliphatic carbocycles. The number of nitrogens with one attached hydrogen (secondary N) is 1. The Bertz CT molecular complexity index is 554. The molecule has 1 heterocycles. The highest BCUT2D eigenvalue weighted by Gasteiger charge is 2.17. The van der Waals surface area contributed by atoms with Crippen LogP contribution < -0.4 is 11.3 Å². The van der Waals surface area contributed by atoms with Crippen molar-refractivity contribution in [2.24, 2.45) is 5.84 Å². The van der Waals surface area contributed by atoms with Crippen LogP contribution in [-0.2, 0) is 12.8 Å². The zero-order valence-electron chi connectivity index (χ0n) is 10.6. The zero-order chi connectivity index (χ0) is 13.8. The van der Waals surface area contributed by atoms with Crippen molar-refractivity contribution in [1.82, 2.24) is 5.43 Å². The Morgan fingerprint density at radius 2 is 2.05 bits per heavy atom. The molecule has 0 radical (unpaired) electrons. The van der Waals surface area contributed by atoms with Gasteiger partial charge in [-0.2, -0.15) is 0 Å². The lowest BCUT2D eigenvalue weighted by molar-refractivity contribution is 0.393. The summed E-state index contributed by atoms with van der Waals surface area (Å²) in [5.41, 5.74) is 2.83. The number of rotatable bonds is 5. The van der Waals surface area contributed by atoms with Crippen molar-refractivity contribution >= 4 is 0 Å². The number of hydrazine groups is 1. The third kappa shape index (κ3) is 3.19. The Kier molecular flexibility index (Phi) is 4.29. The Balaban J connectivity index is 2.21. The minimum absolute atomic E-state index is 0.219. The summed E-state index contributed by atoms with van der Waals surface area (Å²) < 4.78 is 32.3. The first-order chi connectivity index (χ1) is 9.13. The molecule has 1 unspecified atom stereocenters. The van der Waals surface area contributed by atoms with Crippen molar-refractivity contribution < 1.29 is 13.2 Å². The summed E-state index contributed by atoms with van der Waals surface area (Å²) in [6, 6.07) is 6.62. The van der Waals surface area contributed by atoms with Gasteiger partial charge in [-0.15, -0.1) is 0 Å². The first-order valence-electron chi connectivity index (χ1n) is 6.12. The van der Waals surface area contributed by atoms with Crippen LogP contribution in [0.2, 0.25) is 0 Å². The second-order valence-corrected chi connectivity index (χ2v) is 4.32. The highest BCUT2D eigenvalue weighted by molar-refractivity contribution is 5.22. The van der Waals surface area contributed by atoms with E-state index < -0.39 is 17.7 Å². The summed E-state index contributed by atoms with van der Waals surface area (Å²) in [6.45, 7) is 1.97. The fourth-order valence-electron chi connectivity index (χ4n) is 1.93. The number of hydrogen-bond acceptors (Lipinski definition) is 3. The van der Waals surface area contributed by atoms with Gasteiger partial charge in [0.05, 0.1) is 6.04 Å². The van der Waals surface area contributed by atoms with Gasteiger partial charge in [-0.25, -0.2) is 14.2 Å². The number of nitrogens with two attached hydrogens (primary N) is 1. The van der Waals surface area contributed by atoms with Crippen molar-refractivity contribution in [1.29, 1.82) is 0 Å². The van der Waals surface area contributed by atoms with Crippen LogP contribution in [0.25, 0.3) is 0 Å². The maximum Gasteiger partial charge on any atom is 0.126 e. The maximum absolute atomic E-state index is 13.6. The maximum atomic E-state index is 13.6. The van der Waals surface area contributed by atoms with E-state index in [-0.39, 0.29) is 12.0 Å². The first kappa shape index (κ1) is 13.7. The fraction of sp³-hybridized carbons (Fsp3) is 0.286. The molecule has 0 fully saturated rings. The van der Waals surface area contributed by atoms with Crippen LogP contribution >= 0.6 is 0 Å². The molecule has 5 heteroatoms. The third-order valence-corrected chi connectivity index (χ3v) is 3.01. The molecule has 0 aliphatic rings. The van der Waals surface area contributed by atoms with E-state index in [2.05, 4.69) is 5.43 Å². The van der Waals surface area contributed by atoms with Crippen molar-refractivity contribution in [3.63, 3.8) is 0 Å². The lowest BCUT2D eigenvalue weighted by Crippen LogP contribution is -2.29. The van der Waals surface area contributed by atoms with E-state index in [0.717, 1.165) is 24.3 Å². The average Bonchev–Trinajstić information content (AvgIpc) is 2.88. The number of aryl methyl sites for hydroxylation is 1.